The van der Waals surface area contributed by atoms with E-state index in [1.807, 2.05) is 6.07 Å². The van der Waals surface area contributed by atoms with E-state index in [-0.39, 0.29) is 12.4 Å². The topological polar surface area (TPSA) is 18.5 Å². The van der Waals surface area contributed by atoms with E-state index in [9.17, 15) is 13.2 Å². The van der Waals surface area contributed by atoms with Crippen molar-refractivity contribution >= 4 is 0 Å². The van der Waals surface area contributed by atoms with Crippen molar-refractivity contribution in [3.8, 4) is 11.5 Å². The van der Waals surface area contributed by atoms with Gasteiger partial charge in [-0.3, -0.25) is 0 Å². The molecular weight excluding hydrogens is 269 g/mol. The van der Waals surface area contributed by atoms with Crippen molar-refractivity contribution in [1.82, 2.24) is 0 Å². The van der Waals surface area contributed by atoms with Crippen molar-refractivity contribution in [2.24, 2.45) is 0 Å². The molecule has 0 bridgehead atoms. The molecule has 2 aromatic rings. The van der Waals surface area contributed by atoms with E-state index < -0.39 is 24.5 Å². The zero-order valence-electron chi connectivity index (χ0n) is 13.3. The summed E-state index contributed by atoms with van der Waals surface area (Å²) in [4.78, 5) is 0. The Morgan fingerprint density at radius 1 is 1.10 bits per heavy atom. The number of benzene rings is 2. The Labute approximate surface area is 119 Å². The van der Waals surface area contributed by atoms with Crippen LogP contribution >= 0.6 is 0 Å². The molecule has 0 aliphatic rings. The van der Waals surface area contributed by atoms with E-state index in [0.717, 1.165) is 17.7 Å². The van der Waals surface area contributed by atoms with Crippen LogP contribution in [0.25, 0.3) is 0 Å². The molecule has 2 aromatic carbocycles. The molecule has 0 radical (unpaired) electrons. The Bertz CT molecular complexity index is 655. The first-order chi connectivity index (χ1) is 10.6. The van der Waals surface area contributed by atoms with Crippen molar-refractivity contribution in [3.05, 3.63) is 59.7 Å². The van der Waals surface area contributed by atoms with Gasteiger partial charge in [-0.15, -0.1) is 0 Å². The van der Waals surface area contributed by atoms with E-state index in [2.05, 4.69) is 4.74 Å². The molecule has 2 nitrogen and oxygen atoms in total. The van der Waals surface area contributed by atoms with Crippen LogP contribution < -0.4 is 9.47 Å². The highest BCUT2D eigenvalue weighted by Gasteiger charge is 2.34. The van der Waals surface area contributed by atoms with Gasteiger partial charge in [0.25, 0.3) is 0 Å². The van der Waals surface area contributed by atoms with Crippen LogP contribution in [0.1, 0.15) is 15.2 Å². The number of ether oxygens (including phenoxy) is 2. The first kappa shape index (κ1) is 10.6. The predicted molar refractivity (Wildman–Crippen MR) is 68.8 cm³/mol. The number of alkyl halides is 3. The lowest BCUT2D eigenvalue weighted by atomic mass is 10.2. The monoisotopic (exact) mass is 285 g/mol. The minimum Gasteiger partial charge on any atom is -0.496 e. The summed E-state index contributed by atoms with van der Waals surface area (Å²) in [5, 5.41) is 0. The van der Waals surface area contributed by atoms with Crippen LogP contribution in [0.2, 0.25) is 0 Å². The minimum atomic E-state index is -4.76. The SMILES string of the molecule is [2H]C([2H])([2H])Oc1ccc(OCc2ccccc2)cc1C(F)(F)F. The van der Waals surface area contributed by atoms with Gasteiger partial charge in [0.1, 0.15) is 23.7 Å². The van der Waals surface area contributed by atoms with E-state index in [1.54, 1.807) is 24.3 Å². The molecule has 0 fully saturated rings. The first-order valence-electron chi connectivity index (χ1n) is 7.22. The standard InChI is InChI=1S/C15H13F3O2/c1-19-14-8-7-12(9-13(14)15(16,17)18)20-10-11-5-3-2-4-6-11/h2-9H,10H2,1H3/i1D3. The summed E-state index contributed by atoms with van der Waals surface area (Å²) in [6.45, 7) is 0.0949. The summed E-state index contributed by atoms with van der Waals surface area (Å²) >= 11 is 0. The average molecular weight is 285 g/mol. The molecule has 0 atom stereocenters. The fraction of sp³-hybridized carbons (Fsp3) is 0.200. The lowest BCUT2D eigenvalue weighted by Crippen LogP contribution is -2.08. The van der Waals surface area contributed by atoms with Crippen molar-refractivity contribution in [2.45, 2.75) is 12.8 Å². The first-order valence-corrected chi connectivity index (χ1v) is 5.72. The van der Waals surface area contributed by atoms with Gasteiger partial charge in [-0.1, -0.05) is 30.3 Å². The molecule has 20 heavy (non-hydrogen) atoms. The summed E-state index contributed by atoms with van der Waals surface area (Å²) < 4.78 is 69.7. The maximum atomic E-state index is 13.0. The second kappa shape index (κ2) is 5.86. The third kappa shape index (κ3) is 3.44. The molecule has 0 amide bonds. The lowest BCUT2D eigenvalue weighted by molar-refractivity contribution is -0.138. The van der Waals surface area contributed by atoms with E-state index in [1.165, 1.54) is 6.07 Å². The number of hydrogen-bond donors (Lipinski definition) is 0. The zero-order valence-corrected chi connectivity index (χ0v) is 10.3. The maximum Gasteiger partial charge on any atom is 0.420 e. The second-order valence-electron chi connectivity index (χ2n) is 4.03. The Morgan fingerprint density at radius 2 is 1.85 bits per heavy atom. The highest BCUT2D eigenvalue weighted by atomic mass is 19.4. The molecule has 2 rings (SSSR count). The number of methoxy groups -OCH3 is 1. The fourth-order valence-corrected chi connectivity index (χ4v) is 1.65. The van der Waals surface area contributed by atoms with Gasteiger partial charge < -0.3 is 9.47 Å². The molecular formula is C15H13F3O2. The largest absolute Gasteiger partial charge is 0.496 e. The third-order valence-corrected chi connectivity index (χ3v) is 2.61. The number of rotatable bonds is 4. The Hall–Kier alpha value is -2.17. The zero-order chi connectivity index (χ0) is 17.1. The van der Waals surface area contributed by atoms with Gasteiger partial charge in [-0.05, 0) is 23.8 Å². The summed E-state index contributed by atoms with van der Waals surface area (Å²) in [6, 6.07) is 11.8. The molecule has 106 valence electrons. The van der Waals surface area contributed by atoms with Crippen LogP contribution in [0.4, 0.5) is 13.2 Å². The van der Waals surface area contributed by atoms with Crippen molar-refractivity contribution in [2.75, 3.05) is 7.04 Å². The normalized spacial score (nSPS) is 14.1. The van der Waals surface area contributed by atoms with Crippen molar-refractivity contribution < 1.29 is 26.8 Å². The Morgan fingerprint density at radius 3 is 2.50 bits per heavy atom. The van der Waals surface area contributed by atoms with Gasteiger partial charge in [0.15, 0.2) is 0 Å². The smallest absolute Gasteiger partial charge is 0.420 e. The summed E-state index contributed by atoms with van der Waals surface area (Å²) in [6.07, 6.45) is -4.76. The van der Waals surface area contributed by atoms with Crippen LogP contribution in [0.3, 0.4) is 0 Å². The molecule has 0 N–H and O–H groups in total. The Kier molecular flexibility index (Phi) is 3.10. The van der Waals surface area contributed by atoms with Gasteiger partial charge >= 0.3 is 6.18 Å². The van der Waals surface area contributed by atoms with Crippen LogP contribution in [0.5, 0.6) is 11.5 Å². The van der Waals surface area contributed by atoms with Gasteiger partial charge in [-0.2, -0.15) is 13.2 Å². The van der Waals surface area contributed by atoms with Crippen molar-refractivity contribution in [1.29, 1.82) is 0 Å². The van der Waals surface area contributed by atoms with Crippen molar-refractivity contribution in [3.63, 3.8) is 0 Å². The molecule has 0 unspecified atom stereocenters. The number of hydrogen-bond acceptors (Lipinski definition) is 2. The van der Waals surface area contributed by atoms with E-state index >= 15 is 0 Å². The molecule has 5 heteroatoms. The van der Waals surface area contributed by atoms with Crippen LogP contribution in [0, 0.1) is 0 Å². The summed E-state index contributed by atoms with van der Waals surface area (Å²) in [5.41, 5.74) is -0.400. The molecule has 0 saturated carbocycles. The minimum absolute atomic E-state index is 0.0286. The summed E-state index contributed by atoms with van der Waals surface area (Å²) in [7, 11) is -2.97. The number of halogens is 3. The maximum absolute atomic E-state index is 13.0. The second-order valence-corrected chi connectivity index (χ2v) is 4.03. The highest BCUT2D eigenvalue weighted by Crippen LogP contribution is 2.38. The molecule has 0 saturated heterocycles. The van der Waals surface area contributed by atoms with Gasteiger partial charge in [0.05, 0.1) is 11.2 Å². The van der Waals surface area contributed by atoms with E-state index in [0.29, 0.717) is 0 Å². The predicted octanol–water partition coefficient (Wildman–Crippen LogP) is 4.29. The fourth-order valence-electron chi connectivity index (χ4n) is 1.65. The molecule has 0 aliphatic heterocycles. The third-order valence-electron chi connectivity index (χ3n) is 2.61. The summed E-state index contributed by atoms with van der Waals surface area (Å²) in [5.74, 6) is -0.788. The van der Waals surface area contributed by atoms with Gasteiger partial charge in [-0.25, -0.2) is 0 Å². The quantitative estimate of drug-likeness (QED) is 0.834. The van der Waals surface area contributed by atoms with Gasteiger partial charge in [0, 0.05) is 0 Å². The molecule has 0 spiro atoms. The highest BCUT2D eigenvalue weighted by molar-refractivity contribution is 5.42. The van der Waals surface area contributed by atoms with Crippen LogP contribution in [0.15, 0.2) is 48.5 Å². The molecule has 0 aromatic heterocycles. The molecule has 0 heterocycles. The molecule has 0 aliphatic carbocycles. The average Bonchev–Trinajstić information content (AvgIpc) is 2.44. The van der Waals surface area contributed by atoms with Crippen LogP contribution in [-0.2, 0) is 12.8 Å². The van der Waals surface area contributed by atoms with Gasteiger partial charge in [0.2, 0.25) is 0 Å². The van der Waals surface area contributed by atoms with E-state index in [4.69, 9.17) is 8.85 Å². The van der Waals surface area contributed by atoms with Crippen LogP contribution in [-0.4, -0.2) is 7.04 Å². The lowest BCUT2D eigenvalue weighted by Gasteiger charge is -2.14. The Balaban J connectivity index is 2.22.